The maximum atomic E-state index is 12.3. The average Bonchev–Trinajstić information content (AvgIpc) is 2.50. The highest BCUT2D eigenvalue weighted by Crippen LogP contribution is 2.26. The molecule has 0 aliphatic carbocycles. The third-order valence-electron chi connectivity index (χ3n) is 2.96. The van der Waals surface area contributed by atoms with Crippen LogP contribution in [0.25, 0.3) is 0 Å². The molecular formula is C15H14Cl2N2O3S. The van der Waals surface area contributed by atoms with Crippen LogP contribution in [0.4, 0.5) is 11.4 Å². The summed E-state index contributed by atoms with van der Waals surface area (Å²) < 4.78 is 25.5. The molecule has 0 aromatic heterocycles. The lowest BCUT2D eigenvalue weighted by molar-refractivity contribution is 0.102. The lowest BCUT2D eigenvalue weighted by Gasteiger charge is -2.10. The van der Waals surface area contributed by atoms with Crippen molar-refractivity contribution in [3.05, 3.63) is 58.1 Å². The molecule has 2 rings (SSSR count). The Labute approximate surface area is 144 Å². The molecule has 0 saturated heterocycles. The Morgan fingerprint density at radius 2 is 1.87 bits per heavy atom. The highest BCUT2D eigenvalue weighted by molar-refractivity contribution is 7.92. The van der Waals surface area contributed by atoms with Gasteiger partial charge in [0.15, 0.2) is 0 Å². The summed E-state index contributed by atoms with van der Waals surface area (Å²) in [5.74, 6) is -0.462. The highest BCUT2D eigenvalue weighted by atomic mass is 35.5. The molecule has 0 atom stereocenters. The number of nitrogens with one attached hydrogen (secondary N) is 2. The normalized spacial score (nSPS) is 11.1. The van der Waals surface area contributed by atoms with Gasteiger partial charge in [0, 0.05) is 16.3 Å². The van der Waals surface area contributed by atoms with E-state index in [-0.39, 0.29) is 5.75 Å². The molecule has 0 saturated carbocycles. The first-order valence-electron chi connectivity index (χ1n) is 6.67. The molecule has 122 valence electrons. The van der Waals surface area contributed by atoms with E-state index in [1.54, 1.807) is 30.3 Å². The van der Waals surface area contributed by atoms with E-state index in [0.29, 0.717) is 27.0 Å². The summed E-state index contributed by atoms with van der Waals surface area (Å²) in [6, 6.07) is 10.9. The number of benzene rings is 2. The van der Waals surface area contributed by atoms with Gasteiger partial charge >= 0.3 is 0 Å². The van der Waals surface area contributed by atoms with Crippen molar-refractivity contribution >= 4 is 50.5 Å². The molecule has 5 nitrogen and oxygen atoms in total. The molecule has 0 fully saturated rings. The van der Waals surface area contributed by atoms with Crippen LogP contribution in [0, 0.1) is 0 Å². The number of anilines is 2. The van der Waals surface area contributed by atoms with Crippen molar-refractivity contribution in [2.45, 2.75) is 6.92 Å². The van der Waals surface area contributed by atoms with Crippen molar-refractivity contribution in [1.29, 1.82) is 0 Å². The number of amides is 1. The average molecular weight is 373 g/mol. The lowest BCUT2D eigenvalue weighted by Crippen LogP contribution is -2.16. The minimum Gasteiger partial charge on any atom is -0.321 e. The smallest absolute Gasteiger partial charge is 0.255 e. The van der Waals surface area contributed by atoms with Gasteiger partial charge in [-0.1, -0.05) is 29.3 Å². The number of halogens is 2. The van der Waals surface area contributed by atoms with Gasteiger partial charge in [0.05, 0.1) is 16.5 Å². The summed E-state index contributed by atoms with van der Waals surface area (Å²) in [5.41, 5.74) is 1.04. The first-order valence-corrected chi connectivity index (χ1v) is 9.08. The first-order chi connectivity index (χ1) is 10.8. The molecule has 0 unspecified atom stereocenters. The Morgan fingerprint density at radius 3 is 2.52 bits per heavy atom. The van der Waals surface area contributed by atoms with E-state index >= 15 is 0 Å². The quantitative estimate of drug-likeness (QED) is 0.832. The summed E-state index contributed by atoms with van der Waals surface area (Å²) in [4.78, 5) is 12.3. The van der Waals surface area contributed by atoms with E-state index in [0.717, 1.165) is 0 Å². The van der Waals surface area contributed by atoms with E-state index in [9.17, 15) is 13.2 Å². The molecule has 0 radical (unpaired) electrons. The van der Waals surface area contributed by atoms with Crippen LogP contribution in [-0.4, -0.2) is 20.1 Å². The molecular weight excluding hydrogens is 359 g/mol. The predicted molar refractivity (Wildman–Crippen MR) is 93.9 cm³/mol. The zero-order valence-electron chi connectivity index (χ0n) is 12.1. The van der Waals surface area contributed by atoms with Crippen molar-refractivity contribution in [2.24, 2.45) is 0 Å². The van der Waals surface area contributed by atoms with Gasteiger partial charge in [-0.3, -0.25) is 9.52 Å². The minimum atomic E-state index is -3.40. The number of carbonyl (C=O) groups excluding carboxylic acids is 1. The molecule has 23 heavy (non-hydrogen) atoms. The standard InChI is InChI=1S/C15H14Cl2N2O3S/c1-2-23(21,22)19-12-5-3-4-10(8-12)15(20)18-14-7-6-11(16)9-13(14)17/h3-9,19H,2H2,1H3,(H,18,20). The van der Waals surface area contributed by atoms with Gasteiger partial charge in [0.2, 0.25) is 10.0 Å². The first kappa shape index (κ1) is 17.6. The number of hydrogen-bond acceptors (Lipinski definition) is 3. The number of hydrogen-bond donors (Lipinski definition) is 2. The highest BCUT2D eigenvalue weighted by Gasteiger charge is 2.11. The fraction of sp³-hybridized carbons (Fsp3) is 0.133. The Balaban J connectivity index is 2.20. The van der Waals surface area contributed by atoms with Gasteiger partial charge in [0.25, 0.3) is 5.91 Å². The van der Waals surface area contributed by atoms with Gasteiger partial charge in [-0.2, -0.15) is 0 Å². The lowest BCUT2D eigenvalue weighted by atomic mass is 10.2. The van der Waals surface area contributed by atoms with Gasteiger partial charge in [-0.15, -0.1) is 0 Å². The third-order valence-corrected chi connectivity index (χ3v) is 4.81. The second-order valence-electron chi connectivity index (χ2n) is 4.66. The van der Waals surface area contributed by atoms with Crippen molar-refractivity contribution < 1.29 is 13.2 Å². The molecule has 0 heterocycles. The second-order valence-corrected chi connectivity index (χ2v) is 7.52. The molecule has 2 N–H and O–H groups in total. The predicted octanol–water partition coefficient (Wildman–Crippen LogP) is 4.01. The van der Waals surface area contributed by atoms with E-state index in [4.69, 9.17) is 23.2 Å². The maximum absolute atomic E-state index is 12.3. The van der Waals surface area contributed by atoms with Gasteiger partial charge < -0.3 is 5.32 Å². The SMILES string of the molecule is CCS(=O)(=O)Nc1cccc(C(=O)Nc2ccc(Cl)cc2Cl)c1. The van der Waals surface area contributed by atoms with Crippen molar-refractivity contribution in [3.8, 4) is 0 Å². The molecule has 1 amide bonds. The largest absolute Gasteiger partial charge is 0.321 e. The maximum Gasteiger partial charge on any atom is 0.255 e. The number of carbonyl (C=O) groups is 1. The van der Waals surface area contributed by atoms with Crippen LogP contribution in [0.3, 0.4) is 0 Å². The Morgan fingerprint density at radius 1 is 1.13 bits per heavy atom. The van der Waals surface area contributed by atoms with Crippen LogP contribution >= 0.6 is 23.2 Å². The van der Waals surface area contributed by atoms with Crippen LogP contribution in [0.5, 0.6) is 0 Å². The third kappa shape index (κ3) is 4.86. The van der Waals surface area contributed by atoms with Crippen molar-refractivity contribution in [3.63, 3.8) is 0 Å². The van der Waals surface area contributed by atoms with Gasteiger partial charge in [-0.25, -0.2) is 8.42 Å². The van der Waals surface area contributed by atoms with Crippen molar-refractivity contribution in [1.82, 2.24) is 0 Å². The van der Waals surface area contributed by atoms with Crippen LogP contribution in [0.1, 0.15) is 17.3 Å². The Kier molecular flexibility index (Phi) is 5.51. The van der Waals surface area contributed by atoms with E-state index in [2.05, 4.69) is 10.0 Å². The molecule has 0 aliphatic rings. The van der Waals surface area contributed by atoms with Crippen LogP contribution < -0.4 is 10.0 Å². The summed E-state index contributed by atoms with van der Waals surface area (Å²) in [5, 5.41) is 3.43. The minimum absolute atomic E-state index is 0.0518. The molecule has 8 heteroatoms. The van der Waals surface area contributed by atoms with Crippen LogP contribution in [0.15, 0.2) is 42.5 Å². The summed E-state index contributed by atoms with van der Waals surface area (Å²) in [7, 11) is -3.40. The zero-order valence-corrected chi connectivity index (χ0v) is 14.5. The van der Waals surface area contributed by atoms with Gasteiger partial charge in [-0.05, 0) is 43.3 Å². The second kappa shape index (κ2) is 7.21. The molecule has 0 spiro atoms. The summed E-state index contributed by atoms with van der Waals surface area (Å²) in [6.45, 7) is 1.53. The topological polar surface area (TPSA) is 75.3 Å². The van der Waals surface area contributed by atoms with Crippen molar-refractivity contribution in [2.75, 3.05) is 15.8 Å². The van der Waals surface area contributed by atoms with Gasteiger partial charge in [0.1, 0.15) is 0 Å². The Hall–Kier alpha value is -1.76. The van der Waals surface area contributed by atoms with Crippen LogP contribution in [0.2, 0.25) is 10.0 Å². The molecule has 2 aromatic carbocycles. The number of rotatable bonds is 5. The van der Waals surface area contributed by atoms with Crippen LogP contribution in [-0.2, 0) is 10.0 Å². The Bertz CT molecular complexity index is 838. The van der Waals surface area contributed by atoms with E-state index < -0.39 is 15.9 Å². The fourth-order valence-corrected chi connectivity index (χ4v) is 2.85. The summed E-state index contributed by atoms with van der Waals surface area (Å²) >= 11 is 11.8. The van der Waals surface area contributed by atoms with E-state index in [1.807, 2.05) is 0 Å². The fourth-order valence-electron chi connectivity index (χ4n) is 1.76. The number of sulfonamides is 1. The summed E-state index contributed by atoms with van der Waals surface area (Å²) in [6.07, 6.45) is 0. The molecule has 2 aromatic rings. The molecule has 0 bridgehead atoms. The molecule has 0 aliphatic heterocycles. The monoisotopic (exact) mass is 372 g/mol. The zero-order chi connectivity index (χ0) is 17.0. The van der Waals surface area contributed by atoms with E-state index in [1.165, 1.54) is 19.1 Å².